The van der Waals surface area contributed by atoms with Gasteiger partial charge >= 0.3 is 0 Å². The second-order valence-corrected chi connectivity index (χ2v) is 6.70. The highest BCUT2D eigenvalue weighted by Gasteiger charge is 2.34. The molecular formula is C17H25N3O. The molecule has 21 heavy (non-hydrogen) atoms. The third-order valence-electron chi connectivity index (χ3n) is 4.17. The molecule has 1 aromatic carbocycles. The second-order valence-electron chi connectivity index (χ2n) is 6.70. The SMILES string of the molecule is CN=C(NCC1CC1)NC1CC(C)(C)Oc2ccccc21. The Morgan fingerprint density at radius 1 is 1.33 bits per heavy atom. The van der Waals surface area contributed by atoms with Gasteiger partial charge in [-0.25, -0.2) is 0 Å². The number of nitrogens with one attached hydrogen (secondary N) is 2. The minimum atomic E-state index is -0.165. The van der Waals surface area contributed by atoms with E-state index in [1.165, 1.54) is 18.4 Å². The first-order chi connectivity index (χ1) is 10.1. The maximum Gasteiger partial charge on any atom is 0.191 e. The van der Waals surface area contributed by atoms with E-state index in [4.69, 9.17) is 4.74 Å². The molecule has 4 heteroatoms. The Hall–Kier alpha value is -1.71. The van der Waals surface area contributed by atoms with Gasteiger partial charge in [-0.3, -0.25) is 4.99 Å². The van der Waals surface area contributed by atoms with Gasteiger partial charge in [-0.05, 0) is 38.7 Å². The summed E-state index contributed by atoms with van der Waals surface area (Å²) in [4.78, 5) is 4.36. The van der Waals surface area contributed by atoms with Crippen molar-refractivity contribution in [2.45, 2.75) is 44.8 Å². The molecule has 0 saturated heterocycles. The van der Waals surface area contributed by atoms with E-state index >= 15 is 0 Å². The molecule has 0 radical (unpaired) electrons. The largest absolute Gasteiger partial charge is 0.487 e. The second kappa shape index (κ2) is 5.58. The molecule has 1 heterocycles. The van der Waals surface area contributed by atoms with Crippen LogP contribution in [0.1, 0.15) is 44.7 Å². The van der Waals surface area contributed by atoms with Gasteiger partial charge in [0, 0.05) is 25.6 Å². The Bertz CT molecular complexity index is 535. The highest BCUT2D eigenvalue weighted by atomic mass is 16.5. The third kappa shape index (κ3) is 3.49. The van der Waals surface area contributed by atoms with E-state index in [1.807, 2.05) is 19.2 Å². The van der Waals surface area contributed by atoms with Crippen LogP contribution in [0.5, 0.6) is 5.75 Å². The maximum absolute atomic E-state index is 6.07. The molecule has 1 atom stereocenters. The van der Waals surface area contributed by atoms with Crippen molar-refractivity contribution >= 4 is 5.96 Å². The molecule has 0 aromatic heterocycles. The standard InChI is InChI=1S/C17H25N3O/c1-17(2)10-14(13-6-4-5-7-15(13)21-17)20-16(18-3)19-11-12-8-9-12/h4-7,12,14H,8-11H2,1-3H3,(H2,18,19,20). The van der Waals surface area contributed by atoms with E-state index in [2.05, 4.69) is 41.6 Å². The summed E-state index contributed by atoms with van der Waals surface area (Å²) >= 11 is 0. The van der Waals surface area contributed by atoms with Crippen molar-refractivity contribution in [2.75, 3.05) is 13.6 Å². The quantitative estimate of drug-likeness (QED) is 0.664. The number of nitrogens with zero attached hydrogens (tertiary/aromatic N) is 1. The Labute approximate surface area is 127 Å². The zero-order chi connectivity index (χ0) is 14.9. The fraction of sp³-hybridized carbons (Fsp3) is 0.588. The fourth-order valence-electron chi connectivity index (χ4n) is 2.85. The zero-order valence-corrected chi connectivity index (χ0v) is 13.1. The number of rotatable bonds is 3. The van der Waals surface area contributed by atoms with Crippen LogP contribution in [0.4, 0.5) is 0 Å². The van der Waals surface area contributed by atoms with E-state index in [0.717, 1.165) is 30.6 Å². The predicted molar refractivity (Wildman–Crippen MR) is 85.7 cm³/mol. The lowest BCUT2D eigenvalue weighted by atomic mass is 9.90. The Kier molecular flexibility index (Phi) is 3.79. The van der Waals surface area contributed by atoms with Crippen LogP contribution >= 0.6 is 0 Å². The summed E-state index contributed by atoms with van der Waals surface area (Å²) in [5, 5.41) is 6.99. The lowest BCUT2D eigenvalue weighted by Gasteiger charge is -2.38. The summed E-state index contributed by atoms with van der Waals surface area (Å²) in [6, 6.07) is 8.50. The minimum absolute atomic E-state index is 0.165. The van der Waals surface area contributed by atoms with Crippen LogP contribution in [0.3, 0.4) is 0 Å². The summed E-state index contributed by atoms with van der Waals surface area (Å²) in [7, 11) is 1.83. The molecule has 1 saturated carbocycles. The summed E-state index contributed by atoms with van der Waals surface area (Å²) in [5.41, 5.74) is 1.05. The number of benzene rings is 1. The lowest BCUT2D eigenvalue weighted by Crippen LogP contribution is -2.45. The van der Waals surface area contributed by atoms with Gasteiger partial charge in [0.25, 0.3) is 0 Å². The lowest BCUT2D eigenvalue weighted by molar-refractivity contribution is 0.0694. The van der Waals surface area contributed by atoms with Gasteiger partial charge in [-0.15, -0.1) is 0 Å². The third-order valence-corrected chi connectivity index (χ3v) is 4.17. The molecule has 2 aliphatic rings. The molecule has 0 amide bonds. The fourth-order valence-corrected chi connectivity index (χ4v) is 2.85. The van der Waals surface area contributed by atoms with Gasteiger partial charge in [0.2, 0.25) is 0 Å². The summed E-state index contributed by atoms with van der Waals surface area (Å²) < 4.78 is 6.07. The molecular weight excluding hydrogens is 262 g/mol. The first kappa shape index (κ1) is 14.2. The number of hydrogen-bond donors (Lipinski definition) is 2. The van der Waals surface area contributed by atoms with Crippen LogP contribution in [0.25, 0.3) is 0 Å². The van der Waals surface area contributed by atoms with E-state index in [9.17, 15) is 0 Å². The normalized spacial score (nSPS) is 24.0. The Balaban J connectivity index is 1.73. The summed E-state index contributed by atoms with van der Waals surface area (Å²) in [6.45, 7) is 5.30. The van der Waals surface area contributed by atoms with Crippen molar-refractivity contribution in [3.8, 4) is 5.75 Å². The molecule has 4 nitrogen and oxygen atoms in total. The molecule has 1 aromatic rings. The average molecular weight is 287 g/mol. The smallest absolute Gasteiger partial charge is 0.191 e. The van der Waals surface area contributed by atoms with Gasteiger partial charge in [0.05, 0.1) is 6.04 Å². The van der Waals surface area contributed by atoms with Crippen LogP contribution in [-0.4, -0.2) is 25.2 Å². The van der Waals surface area contributed by atoms with Gasteiger partial charge in [-0.1, -0.05) is 18.2 Å². The van der Waals surface area contributed by atoms with Crippen LogP contribution in [0, 0.1) is 5.92 Å². The molecule has 1 aliphatic carbocycles. The zero-order valence-electron chi connectivity index (χ0n) is 13.1. The molecule has 114 valence electrons. The predicted octanol–water partition coefficient (Wildman–Crippen LogP) is 2.86. The first-order valence-electron chi connectivity index (χ1n) is 7.82. The number of para-hydroxylation sites is 1. The number of ether oxygens (including phenoxy) is 1. The summed E-state index contributed by atoms with van der Waals surface area (Å²) in [5.74, 6) is 2.70. The number of aliphatic imine (C=N–C) groups is 1. The van der Waals surface area contributed by atoms with Crippen LogP contribution in [-0.2, 0) is 0 Å². The van der Waals surface area contributed by atoms with Crippen molar-refractivity contribution in [1.82, 2.24) is 10.6 Å². The molecule has 3 rings (SSSR count). The van der Waals surface area contributed by atoms with Gasteiger partial charge in [-0.2, -0.15) is 0 Å². The number of fused-ring (bicyclic) bond motifs is 1. The topological polar surface area (TPSA) is 45.7 Å². The first-order valence-corrected chi connectivity index (χ1v) is 7.82. The van der Waals surface area contributed by atoms with E-state index in [0.29, 0.717) is 0 Å². The van der Waals surface area contributed by atoms with Crippen molar-refractivity contribution in [2.24, 2.45) is 10.9 Å². The van der Waals surface area contributed by atoms with E-state index in [1.54, 1.807) is 0 Å². The molecule has 1 fully saturated rings. The molecule has 1 aliphatic heterocycles. The maximum atomic E-state index is 6.07. The Morgan fingerprint density at radius 2 is 2.10 bits per heavy atom. The molecule has 2 N–H and O–H groups in total. The molecule has 1 unspecified atom stereocenters. The highest BCUT2D eigenvalue weighted by Crippen LogP contribution is 2.39. The van der Waals surface area contributed by atoms with Crippen molar-refractivity contribution in [3.05, 3.63) is 29.8 Å². The minimum Gasteiger partial charge on any atom is -0.487 e. The molecule has 0 bridgehead atoms. The van der Waals surface area contributed by atoms with Crippen molar-refractivity contribution in [3.63, 3.8) is 0 Å². The van der Waals surface area contributed by atoms with Gasteiger partial charge in [0.1, 0.15) is 11.4 Å². The monoisotopic (exact) mass is 287 g/mol. The van der Waals surface area contributed by atoms with Gasteiger partial charge in [0.15, 0.2) is 5.96 Å². The van der Waals surface area contributed by atoms with Crippen molar-refractivity contribution < 1.29 is 4.74 Å². The average Bonchev–Trinajstić information content (AvgIpc) is 3.26. The van der Waals surface area contributed by atoms with Crippen LogP contribution < -0.4 is 15.4 Å². The van der Waals surface area contributed by atoms with Crippen LogP contribution in [0.2, 0.25) is 0 Å². The Morgan fingerprint density at radius 3 is 2.81 bits per heavy atom. The number of guanidine groups is 1. The van der Waals surface area contributed by atoms with E-state index in [-0.39, 0.29) is 11.6 Å². The van der Waals surface area contributed by atoms with Crippen molar-refractivity contribution in [1.29, 1.82) is 0 Å². The summed E-state index contributed by atoms with van der Waals surface area (Å²) in [6.07, 6.45) is 3.61. The number of hydrogen-bond acceptors (Lipinski definition) is 2. The highest BCUT2D eigenvalue weighted by molar-refractivity contribution is 5.80. The van der Waals surface area contributed by atoms with Crippen LogP contribution in [0.15, 0.2) is 29.3 Å². The van der Waals surface area contributed by atoms with Gasteiger partial charge < -0.3 is 15.4 Å². The molecule has 0 spiro atoms. The van der Waals surface area contributed by atoms with E-state index < -0.39 is 0 Å².